The van der Waals surface area contributed by atoms with Crippen LogP contribution in [0.15, 0.2) is 47.4 Å². The molecule has 2 aromatic carbocycles. The highest BCUT2D eigenvalue weighted by Gasteiger charge is 2.35. The third-order valence-electron chi connectivity index (χ3n) is 5.83. The van der Waals surface area contributed by atoms with Crippen molar-refractivity contribution in [3.8, 4) is 11.5 Å². The average Bonchev–Trinajstić information content (AvgIpc) is 3.21. The fraction of sp³-hybridized carbons (Fsp3) is 0.409. The second-order valence-corrected chi connectivity index (χ2v) is 8.95. The van der Waals surface area contributed by atoms with Gasteiger partial charge in [0.05, 0.1) is 0 Å². The molecule has 1 amide bonds. The number of hydrogen-bond donors (Lipinski definition) is 1. The van der Waals surface area contributed by atoms with Gasteiger partial charge in [-0.1, -0.05) is 25.3 Å². The predicted molar refractivity (Wildman–Crippen MR) is 108 cm³/mol. The van der Waals surface area contributed by atoms with Gasteiger partial charge < -0.3 is 14.8 Å². The molecule has 4 rings (SSSR count). The van der Waals surface area contributed by atoms with Crippen molar-refractivity contribution in [3.63, 3.8) is 0 Å². The summed E-state index contributed by atoms with van der Waals surface area (Å²) in [5.74, 6) is 1.48. The quantitative estimate of drug-likeness (QED) is 0.831. The second kappa shape index (κ2) is 7.95. The van der Waals surface area contributed by atoms with Crippen molar-refractivity contribution in [3.05, 3.63) is 53.6 Å². The molecule has 28 heavy (non-hydrogen) atoms. The van der Waals surface area contributed by atoms with Crippen LogP contribution >= 0.6 is 0 Å². The molecule has 6 heteroatoms. The molecular weight excluding hydrogens is 374 g/mol. The number of nitrogens with one attached hydrogen (secondary N) is 1. The Hall–Kier alpha value is -2.34. The first-order valence-electron chi connectivity index (χ1n) is 9.69. The first kappa shape index (κ1) is 19.0. The van der Waals surface area contributed by atoms with E-state index in [9.17, 15) is 9.00 Å². The van der Waals surface area contributed by atoms with Gasteiger partial charge in [-0.2, -0.15) is 0 Å². The van der Waals surface area contributed by atoms with Gasteiger partial charge in [0.2, 0.25) is 6.79 Å². The predicted octanol–water partition coefficient (Wildman–Crippen LogP) is 3.78. The maximum absolute atomic E-state index is 12.7. The minimum Gasteiger partial charge on any atom is -0.454 e. The SMILES string of the molecule is C[S@@](=O)c1ccc(C(=O)NCC2(c3ccc4c(c3)OCO4)CCCCC2)cc1. The summed E-state index contributed by atoms with van der Waals surface area (Å²) in [5, 5.41) is 3.14. The van der Waals surface area contributed by atoms with Crippen molar-refractivity contribution in [2.75, 3.05) is 19.6 Å². The van der Waals surface area contributed by atoms with E-state index < -0.39 is 10.8 Å². The van der Waals surface area contributed by atoms with E-state index in [0.29, 0.717) is 12.1 Å². The van der Waals surface area contributed by atoms with E-state index in [-0.39, 0.29) is 18.1 Å². The normalized spacial score (nSPS) is 18.5. The van der Waals surface area contributed by atoms with Gasteiger partial charge in [0.15, 0.2) is 11.5 Å². The highest BCUT2D eigenvalue weighted by Crippen LogP contribution is 2.43. The van der Waals surface area contributed by atoms with Crippen molar-refractivity contribution in [2.45, 2.75) is 42.4 Å². The molecule has 0 radical (unpaired) electrons. The van der Waals surface area contributed by atoms with Crippen LogP contribution in [-0.4, -0.2) is 29.7 Å². The standard InChI is InChI=1S/C22H25NO4S/c1-28(25)18-8-5-16(6-9-18)21(24)23-14-22(11-3-2-4-12-22)17-7-10-19-20(13-17)27-15-26-19/h5-10,13H,2-4,11-12,14-15H2,1H3,(H,23,24)/t28-/m1/s1. The summed E-state index contributed by atoms with van der Waals surface area (Å²) in [5.41, 5.74) is 1.71. The lowest BCUT2D eigenvalue weighted by molar-refractivity contribution is 0.0936. The molecule has 1 saturated carbocycles. The Morgan fingerprint density at radius 3 is 2.46 bits per heavy atom. The third kappa shape index (κ3) is 3.78. The molecule has 1 atom stereocenters. The lowest BCUT2D eigenvalue weighted by Crippen LogP contribution is -2.42. The van der Waals surface area contributed by atoms with Gasteiger partial charge in [-0.05, 0) is 54.8 Å². The van der Waals surface area contributed by atoms with Gasteiger partial charge in [-0.15, -0.1) is 0 Å². The summed E-state index contributed by atoms with van der Waals surface area (Å²) in [7, 11) is -1.04. The van der Waals surface area contributed by atoms with Gasteiger partial charge >= 0.3 is 0 Å². The maximum atomic E-state index is 12.7. The zero-order valence-corrected chi connectivity index (χ0v) is 16.8. The largest absolute Gasteiger partial charge is 0.454 e. The van der Waals surface area contributed by atoms with Crippen molar-refractivity contribution in [1.29, 1.82) is 0 Å². The van der Waals surface area contributed by atoms with E-state index in [1.807, 2.05) is 6.07 Å². The molecule has 0 spiro atoms. The Balaban J connectivity index is 1.52. The fourth-order valence-corrected chi connectivity index (χ4v) is 4.69. The van der Waals surface area contributed by atoms with Crippen LogP contribution in [0.5, 0.6) is 11.5 Å². The molecule has 5 nitrogen and oxygen atoms in total. The minimum absolute atomic E-state index is 0.0836. The zero-order chi connectivity index (χ0) is 19.6. The molecule has 2 aromatic rings. The number of ether oxygens (including phenoxy) is 2. The Bertz CT molecular complexity index is 888. The molecule has 1 aliphatic carbocycles. The molecule has 0 unspecified atom stereocenters. The van der Waals surface area contributed by atoms with Crippen molar-refractivity contribution in [2.24, 2.45) is 0 Å². The van der Waals surface area contributed by atoms with E-state index in [0.717, 1.165) is 42.1 Å². The number of hydrogen-bond acceptors (Lipinski definition) is 4. The van der Waals surface area contributed by atoms with Gasteiger partial charge in [0.1, 0.15) is 0 Å². The summed E-state index contributed by atoms with van der Waals surface area (Å²) >= 11 is 0. The second-order valence-electron chi connectivity index (χ2n) is 7.57. The van der Waals surface area contributed by atoms with E-state index in [4.69, 9.17) is 9.47 Å². The zero-order valence-electron chi connectivity index (χ0n) is 16.0. The number of rotatable bonds is 5. The molecule has 2 aliphatic rings. The molecule has 1 heterocycles. The maximum Gasteiger partial charge on any atom is 0.251 e. The molecule has 1 N–H and O–H groups in total. The number of carbonyl (C=O) groups excluding carboxylic acids is 1. The lowest BCUT2D eigenvalue weighted by atomic mass is 9.69. The minimum atomic E-state index is -1.04. The highest BCUT2D eigenvalue weighted by atomic mass is 32.2. The molecule has 0 bridgehead atoms. The van der Waals surface area contributed by atoms with Crippen LogP contribution in [0.1, 0.15) is 48.0 Å². The highest BCUT2D eigenvalue weighted by molar-refractivity contribution is 7.84. The summed E-state index contributed by atoms with van der Waals surface area (Å²) in [4.78, 5) is 13.4. The Kier molecular flexibility index (Phi) is 5.40. The Labute approximate surface area is 167 Å². The number of benzene rings is 2. The van der Waals surface area contributed by atoms with Crippen LogP contribution in [0.3, 0.4) is 0 Å². The Morgan fingerprint density at radius 1 is 1.04 bits per heavy atom. The topological polar surface area (TPSA) is 64.6 Å². The number of fused-ring (bicyclic) bond motifs is 1. The number of amides is 1. The molecule has 0 saturated heterocycles. The molecule has 1 aliphatic heterocycles. The Morgan fingerprint density at radius 2 is 1.75 bits per heavy atom. The summed E-state index contributed by atoms with van der Waals surface area (Å²) in [6.07, 6.45) is 7.26. The van der Waals surface area contributed by atoms with Crippen LogP contribution in [0, 0.1) is 0 Å². The molecular formula is C22H25NO4S. The fourth-order valence-electron chi connectivity index (χ4n) is 4.17. The monoisotopic (exact) mass is 399 g/mol. The average molecular weight is 400 g/mol. The molecule has 1 fully saturated rings. The lowest BCUT2D eigenvalue weighted by Gasteiger charge is -2.38. The summed E-state index contributed by atoms with van der Waals surface area (Å²) in [6.45, 7) is 0.855. The van der Waals surface area contributed by atoms with Gasteiger partial charge in [0, 0.05) is 39.5 Å². The smallest absolute Gasteiger partial charge is 0.251 e. The van der Waals surface area contributed by atoms with Crippen LogP contribution in [0.25, 0.3) is 0 Å². The van der Waals surface area contributed by atoms with Crippen molar-refractivity contribution < 1.29 is 18.5 Å². The van der Waals surface area contributed by atoms with Crippen LogP contribution < -0.4 is 14.8 Å². The molecule has 148 valence electrons. The van der Waals surface area contributed by atoms with Crippen molar-refractivity contribution >= 4 is 16.7 Å². The first-order valence-corrected chi connectivity index (χ1v) is 11.3. The van der Waals surface area contributed by atoms with E-state index >= 15 is 0 Å². The van der Waals surface area contributed by atoms with Crippen molar-refractivity contribution in [1.82, 2.24) is 5.32 Å². The van der Waals surface area contributed by atoms with Gasteiger partial charge in [-0.25, -0.2) is 0 Å². The van der Waals surface area contributed by atoms with Gasteiger partial charge in [-0.3, -0.25) is 9.00 Å². The molecule has 0 aromatic heterocycles. The third-order valence-corrected chi connectivity index (χ3v) is 6.77. The van der Waals surface area contributed by atoms with E-state index in [1.165, 1.54) is 12.0 Å². The van der Waals surface area contributed by atoms with E-state index in [2.05, 4.69) is 17.4 Å². The van der Waals surface area contributed by atoms with Crippen LogP contribution in [0.4, 0.5) is 0 Å². The van der Waals surface area contributed by atoms with Crippen LogP contribution in [0.2, 0.25) is 0 Å². The summed E-state index contributed by atoms with van der Waals surface area (Å²) < 4.78 is 22.5. The van der Waals surface area contributed by atoms with Crippen LogP contribution in [-0.2, 0) is 16.2 Å². The van der Waals surface area contributed by atoms with E-state index in [1.54, 1.807) is 30.5 Å². The first-order chi connectivity index (χ1) is 13.6. The van der Waals surface area contributed by atoms with Gasteiger partial charge in [0.25, 0.3) is 5.91 Å². The summed E-state index contributed by atoms with van der Waals surface area (Å²) in [6, 6.07) is 13.1. The number of carbonyl (C=O) groups is 1.